The molecule has 5 heteroatoms. The Kier molecular flexibility index (Phi) is 4.71. The number of likely N-dealkylation sites (tertiary alicyclic amines) is 1. The van der Waals surface area contributed by atoms with E-state index in [0.717, 1.165) is 37.4 Å². The molecule has 4 nitrogen and oxygen atoms in total. The maximum absolute atomic E-state index is 5.99. The van der Waals surface area contributed by atoms with Crippen LogP contribution in [0, 0.1) is 0 Å². The fourth-order valence-corrected chi connectivity index (χ4v) is 3.96. The fourth-order valence-electron chi connectivity index (χ4n) is 3.33. The van der Waals surface area contributed by atoms with Gasteiger partial charge in [-0.1, -0.05) is 36.8 Å². The zero-order chi connectivity index (χ0) is 16.2. The summed E-state index contributed by atoms with van der Waals surface area (Å²) in [5, 5.41) is 12.7. The zero-order valence-corrected chi connectivity index (χ0v) is 14.4. The van der Waals surface area contributed by atoms with Gasteiger partial charge >= 0.3 is 0 Å². The van der Waals surface area contributed by atoms with E-state index in [-0.39, 0.29) is 6.04 Å². The molecule has 3 aromatic rings. The summed E-state index contributed by atoms with van der Waals surface area (Å²) in [6, 6.07) is 12.9. The van der Waals surface area contributed by atoms with Gasteiger partial charge < -0.3 is 4.42 Å². The second-order valence-corrected chi connectivity index (χ2v) is 7.02. The predicted octanol–water partition coefficient (Wildman–Crippen LogP) is 4.57. The second kappa shape index (κ2) is 7.28. The summed E-state index contributed by atoms with van der Waals surface area (Å²) in [7, 11) is 0. The maximum Gasteiger partial charge on any atom is 0.248 e. The highest BCUT2D eigenvalue weighted by Gasteiger charge is 2.28. The standard InChI is InChI=1S/C19H21N3OS/c1-2-6-15(7-3-1)9-12-22-11-5-4-8-17(22)19-21-20-18(23-19)16-10-13-24-14-16/h1-3,6-7,10,13-14,17H,4-5,8-9,11-12H2. The van der Waals surface area contributed by atoms with Crippen LogP contribution < -0.4 is 0 Å². The van der Waals surface area contributed by atoms with Crippen LogP contribution in [0.3, 0.4) is 0 Å². The second-order valence-electron chi connectivity index (χ2n) is 6.24. The predicted molar refractivity (Wildman–Crippen MR) is 95.9 cm³/mol. The first kappa shape index (κ1) is 15.5. The summed E-state index contributed by atoms with van der Waals surface area (Å²) in [6.45, 7) is 2.14. The van der Waals surface area contributed by atoms with Crippen LogP contribution in [-0.2, 0) is 6.42 Å². The van der Waals surface area contributed by atoms with Gasteiger partial charge in [0, 0.05) is 17.5 Å². The van der Waals surface area contributed by atoms with Gasteiger partial charge in [0.15, 0.2) is 0 Å². The van der Waals surface area contributed by atoms with Gasteiger partial charge in [-0.3, -0.25) is 4.90 Å². The lowest BCUT2D eigenvalue weighted by Gasteiger charge is -2.33. The molecule has 3 heterocycles. The van der Waals surface area contributed by atoms with Crippen LogP contribution in [-0.4, -0.2) is 28.2 Å². The van der Waals surface area contributed by atoms with Crippen molar-refractivity contribution >= 4 is 11.3 Å². The molecule has 1 atom stereocenters. The zero-order valence-electron chi connectivity index (χ0n) is 13.6. The molecule has 1 aromatic carbocycles. The van der Waals surface area contributed by atoms with E-state index in [1.807, 2.05) is 16.8 Å². The number of benzene rings is 1. The lowest BCUT2D eigenvalue weighted by atomic mass is 10.0. The van der Waals surface area contributed by atoms with Crippen molar-refractivity contribution in [3.63, 3.8) is 0 Å². The van der Waals surface area contributed by atoms with Crippen LogP contribution in [0.2, 0.25) is 0 Å². The minimum atomic E-state index is 0.252. The first-order valence-electron chi connectivity index (χ1n) is 8.54. The van der Waals surface area contributed by atoms with Gasteiger partial charge in [-0.2, -0.15) is 11.3 Å². The van der Waals surface area contributed by atoms with Crippen LogP contribution in [0.15, 0.2) is 51.6 Å². The van der Waals surface area contributed by atoms with Crippen molar-refractivity contribution < 1.29 is 4.42 Å². The molecule has 1 saturated heterocycles. The number of hydrogen-bond donors (Lipinski definition) is 0. The molecule has 2 aromatic heterocycles. The topological polar surface area (TPSA) is 42.2 Å². The van der Waals surface area contributed by atoms with E-state index in [1.165, 1.54) is 18.4 Å². The van der Waals surface area contributed by atoms with Gasteiger partial charge in [0.2, 0.25) is 11.8 Å². The molecular weight excluding hydrogens is 318 g/mol. The van der Waals surface area contributed by atoms with Crippen LogP contribution >= 0.6 is 11.3 Å². The van der Waals surface area contributed by atoms with E-state index in [1.54, 1.807) is 11.3 Å². The molecule has 0 amide bonds. The van der Waals surface area contributed by atoms with E-state index < -0.39 is 0 Å². The van der Waals surface area contributed by atoms with Crippen molar-refractivity contribution in [2.75, 3.05) is 13.1 Å². The van der Waals surface area contributed by atoms with Crippen molar-refractivity contribution in [1.29, 1.82) is 0 Å². The quantitative estimate of drug-likeness (QED) is 0.683. The Morgan fingerprint density at radius 3 is 2.88 bits per heavy atom. The molecule has 0 radical (unpaired) electrons. The molecule has 0 saturated carbocycles. The molecule has 1 aliphatic heterocycles. The Labute approximate surface area is 146 Å². The Hall–Kier alpha value is -1.98. The lowest BCUT2D eigenvalue weighted by Crippen LogP contribution is -2.35. The maximum atomic E-state index is 5.99. The van der Waals surface area contributed by atoms with Gasteiger partial charge in [-0.05, 0) is 42.8 Å². The summed E-state index contributed by atoms with van der Waals surface area (Å²) >= 11 is 1.65. The van der Waals surface area contributed by atoms with E-state index in [9.17, 15) is 0 Å². The summed E-state index contributed by atoms with van der Waals surface area (Å²) < 4.78 is 5.99. The van der Waals surface area contributed by atoms with Crippen LogP contribution in [0.5, 0.6) is 0 Å². The van der Waals surface area contributed by atoms with E-state index in [2.05, 4.69) is 45.4 Å². The van der Waals surface area contributed by atoms with Crippen LogP contribution in [0.25, 0.3) is 11.5 Å². The number of piperidine rings is 1. The Balaban J connectivity index is 1.47. The van der Waals surface area contributed by atoms with Gasteiger partial charge in [-0.15, -0.1) is 10.2 Å². The first-order valence-corrected chi connectivity index (χ1v) is 9.48. The monoisotopic (exact) mass is 339 g/mol. The third kappa shape index (κ3) is 3.42. The molecule has 0 aliphatic carbocycles. The molecule has 1 unspecified atom stereocenters. The van der Waals surface area contributed by atoms with E-state index >= 15 is 0 Å². The smallest absolute Gasteiger partial charge is 0.248 e. The van der Waals surface area contributed by atoms with Gasteiger partial charge in [0.05, 0.1) is 6.04 Å². The average Bonchev–Trinajstić information content (AvgIpc) is 3.32. The normalized spacial score (nSPS) is 18.8. The number of rotatable bonds is 5. The van der Waals surface area contributed by atoms with Crippen molar-refractivity contribution in [1.82, 2.24) is 15.1 Å². The fraction of sp³-hybridized carbons (Fsp3) is 0.368. The number of aromatic nitrogens is 2. The highest BCUT2D eigenvalue weighted by Crippen LogP contribution is 2.32. The van der Waals surface area contributed by atoms with Crippen LogP contribution in [0.4, 0.5) is 0 Å². The molecular formula is C19H21N3OS. The largest absolute Gasteiger partial charge is 0.419 e. The lowest BCUT2D eigenvalue weighted by molar-refractivity contribution is 0.127. The minimum Gasteiger partial charge on any atom is -0.419 e. The van der Waals surface area contributed by atoms with E-state index in [4.69, 9.17) is 4.42 Å². The molecule has 0 spiro atoms. The highest BCUT2D eigenvalue weighted by atomic mass is 32.1. The Morgan fingerprint density at radius 1 is 1.12 bits per heavy atom. The number of hydrogen-bond acceptors (Lipinski definition) is 5. The minimum absolute atomic E-state index is 0.252. The van der Waals surface area contributed by atoms with Crippen molar-refractivity contribution in [3.8, 4) is 11.5 Å². The molecule has 124 valence electrons. The molecule has 24 heavy (non-hydrogen) atoms. The number of thiophene rings is 1. The Morgan fingerprint density at radius 2 is 2.04 bits per heavy atom. The third-order valence-corrected chi connectivity index (χ3v) is 5.32. The van der Waals surface area contributed by atoms with Gasteiger partial charge in [0.25, 0.3) is 0 Å². The molecule has 1 fully saturated rings. The summed E-state index contributed by atoms with van der Waals surface area (Å²) in [6.07, 6.45) is 4.63. The first-order chi connectivity index (χ1) is 11.9. The highest BCUT2D eigenvalue weighted by molar-refractivity contribution is 7.08. The van der Waals surface area contributed by atoms with Crippen LogP contribution in [0.1, 0.15) is 36.8 Å². The van der Waals surface area contributed by atoms with Crippen molar-refractivity contribution in [2.24, 2.45) is 0 Å². The SMILES string of the molecule is c1ccc(CCN2CCCCC2c2nnc(-c3ccsc3)o2)cc1. The van der Waals surface area contributed by atoms with E-state index in [0.29, 0.717) is 5.89 Å². The Bertz CT molecular complexity index is 754. The van der Waals surface area contributed by atoms with Crippen molar-refractivity contribution in [3.05, 3.63) is 58.6 Å². The average molecular weight is 339 g/mol. The number of nitrogens with zero attached hydrogens (tertiary/aromatic N) is 3. The summed E-state index contributed by atoms with van der Waals surface area (Å²) in [4.78, 5) is 2.50. The third-order valence-electron chi connectivity index (χ3n) is 4.64. The van der Waals surface area contributed by atoms with Crippen molar-refractivity contribution in [2.45, 2.75) is 31.7 Å². The van der Waals surface area contributed by atoms with Gasteiger partial charge in [0.1, 0.15) is 0 Å². The van der Waals surface area contributed by atoms with Gasteiger partial charge in [-0.25, -0.2) is 0 Å². The molecule has 1 aliphatic rings. The molecule has 0 N–H and O–H groups in total. The molecule has 0 bridgehead atoms. The summed E-state index contributed by atoms with van der Waals surface area (Å²) in [5.74, 6) is 1.41. The molecule has 4 rings (SSSR count). The summed E-state index contributed by atoms with van der Waals surface area (Å²) in [5.41, 5.74) is 2.40.